The average molecular weight is 398 g/mol. The first-order valence-corrected chi connectivity index (χ1v) is 9.67. The molecule has 0 saturated carbocycles. The fourth-order valence-electron chi connectivity index (χ4n) is 3.28. The van der Waals surface area contributed by atoms with E-state index in [9.17, 15) is 4.79 Å². The Morgan fingerprint density at radius 1 is 1.10 bits per heavy atom. The Morgan fingerprint density at radius 2 is 1.80 bits per heavy atom. The highest BCUT2D eigenvalue weighted by molar-refractivity contribution is 5.96. The second-order valence-corrected chi connectivity index (χ2v) is 7.01. The highest BCUT2D eigenvalue weighted by Crippen LogP contribution is 2.21. The number of furan rings is 1. The molecule has 0 unspecified atom stereocenters. The van der Waals surface area contributed by atoms with Crippen LogP contribution in [0.4, 0.5) is 0 Å². The van der Waals surface area contributed by atoms with Crippen LogP contribution in [0.15, 0.2) is 82.4 Å². The first-order valence-electron chi connectivity index (χ1n) is 9.67. The van der Waals surface area contributed by atoms with Crippen LogP contribution in [0.5, 0.6) is 0 Å². The molecule has 2 heterocycles. The van der Waals surface area contributed by atoms with Crippen molar-refractivity contribution in [1.82, 2.24) is 15.2 Å². The van der Waals surface area contributed by atoms with Crippen molar-refractivity contribution >= 4 is 12.1 Å². The van der Waals surface area contributed by atoms with Crippen LogP contribution < -0.4 is 5.43 Å². The van der Waals surface area contributed by atoms with Crippen LogP contribution in [0, 0.1) is 13.8 Å². The summed E-state index contributed by atoms with van der Waals surface area (Å²) >= 11 is 0. The number of nitrogens with one attached hydrogen (secondary N) is 1. The predicted octanol–water partition coefficient (Wildman–Crippen LogP) is 4.57. The molecule has 1 N–H and O–H groups in total. The van der Waals surface area contributed by atoms with E-state index in [0.29, 0.717) is 23.6 Å². The molecule has 4 aromatic rings. The van der Waals surface area contributed by atoms with E-state index in [1.165, 1.54) is 0 Å². The third-order valence-corrected chi connectivity index (χ3v) is 4.68. The Balaban J connectivity index is 1.58. The van der Waals surface area contributed by atoms with Gasteiger partial charge in [0.2, 0.25) is 0 Å². The van der Waals surface area contributed by atoms with E-state index in [2.05, 4.69) is 22.7 Å². The maximum atomic E-state index is 12.4. The maximum Gasteiger partial charge on any atom is 0.274 e. The summed E-state index contributed by atoms with van der Waals surface area (Å²) in [6.07, 6.45) is 3.55. The second-order valence-electron chi connectivity index (χ2n) is 7.01. The predicted molar refractivity (Wildman–Crippen MR) is 116 cm³/mol. The Labute approximate surface area is 174 Å². The van der Waals surface area contributed by atoms with Crippen molar-refractivity contribution < 1.29 is 9.21 Å². The fourth-order valence-corrected chi connectivity index (χ4v) is 3.28. The minimum atomic E-state index is -0.307. The van der Waals surface area contributed by atoms with E-state index in [1.54, 1.807) is 26.1 Å². The summed E-state index contributed by atoms with van der Waals surface area (Å²) < 4.78 is 7.29. The number of aromatic nitrogens is 2. The number of rotatable bonds is 6. The van der Waals surface area contributed by atoms with Crippen LogP contribution in [-0.2, 0) is 6.54 Å². The lowest BCUT2D eigenvalue weighted by atomic mass is 10.1. The van der Waals surface area contributed by atoms with Gasteiger partial charge in [0.1, 0.15) is 17.2 Å². The van der Waals surface area contributed by atoms with Gasteiger partial charge in [0.25, 0.3) is 5.91 Å². The number of amides is 1. The molecule has 0 radical (unpaired) electrons. The molecule has 2 aromatic heterocycles. The molecule has 30 heavy (non-hydrogen) atoms. The second kappa shape index (κ2) is 8.61. The van der Waals surface area contributed by atoms with Crippen molar-refractivity contribution in [3.8, 4) is 11.3 Å². The van der Waals surface area contributed by atoms with Gasteiger partial charge >= 0.3 is 0 Å². The number of hydrogen-bond donors (Lipinski definition) is 1. The number of carbonyl (C=O) groups excluding carboxylic acids is 1. The summed E-state index contributed by atoms with van der Waals surface area (Å²) in [7, 11) is 0. The van der Waals surface area contributed by atoms with E-state index in [4.69, 9.17) is 9.52 Å². The highest BCUT2D eigenvalue weighted by Gasteiger charge is 2.13. The molecule has 0 fully saturated rings. The molecule has 0 atom stereocenters. The summed E-state index contributed by atoms with van der Waals surface area (Å²) in [5, 5.41) is 8.90. The van der Waals surface area contributed by atoms with Crippen molar-refractivity contribution in [1.29, 1.82) is 0 Å². The van der Waals surface area contributed by atoms with Gasteiger partial charge in [-0.2, -0.15) is 10.2 Å². The molecule has 6 nitrogen and oxygen atoms in total. The lowest BCUT2D eigenvalue weighted by molar-refractivity contribution is 0.0953. The summed E-state index contributed by atoms with van der Waals surface area (Å²) in [4.78, 5) is 12.4. The minimum Gasteiger partial charge on any atom is -0.466 e. The topological polar surface area (TPSA) is 72.4 Å². The molecule has 0 aliphatic carbocycles. The zero-order chi connectivity index (χ0) is 20.9. The third kappa shape index (κ3) is 4.38. The zero-order valence-electron chi connectivity index (χ0n) is 16.9. The van der Waals surface area contributed by atoms with E-state index in [1.807, 2.05) is 59.4 Å². The molecule has 150 valence electrons. The van der Waals surface area contributed by atoms with Crippen molar-refractivity contribution in [3.63, 3.8) is 0 Å². The van der Waals surface area contributed by atoms with Gasteiger partial charge in [-0.15, -0.1) is 0 Å². The number of nitrogens with zero attached hydrogens (tertiary/aromatic N) is 3. The van der Waals surface area contributed by atoms with Crippen LogP contribution in [0.1, 0.15) is 33.0 Å². The Hall–Kier alpha value is -3.93. The van der Waals surface area contributed by atoms with Crippen molar-refractivity contribution in [2.75, 3.05) is 0 Å². The molecule has 0 saturated heterocycles. The normalized spacial score (nSPS) is 11.1. The third-order valence-electron chi connectivity index (χ3n) is 4.68. The molecule has 4 rings (SSSR count). The highest BCUT2D eigenvalue weighted by atomic mass is 16.3. The number of hydrogen-bond acceptors (Lipinski definition) is 4. The molecule has 6 heteroatoms. The molecule has 0 aliphatic heterocycles. The smallest absolute Gasteiger partial charge is 0.274 e. The quantitative estimate of drug-likeness (QED) is 0.382. The van der Waals surface area contributed by atoms with E-state index in [-0.39, 0.29) is 5.91 Å². The van der Waals surface area contributed by atoms with Gasteiger partial charge in [0, 0.05) is 17.3 Å². The average Bonchev–Trinajstić information content (AvgIpc) is 3.31. The number of benzene rings is 2. The molecule has 1 amide bonds. The molecule has 2 aromatic carbocycles. The van der Waals surface area contributed by atoms with Crippen LogP contribution in [0.3, 0.4) is 0 Å². The van der Waals surface area contributed by atoms with Crippen molar-refractivity contribution in [2.45, 2.75) is 20.4 Å². The van der Waals surface area contributed by atoms with E-state index >= 15 is 0 Å². The summed E-state index contributed by atoms with van der Waals surface area (Å²) in [6.45, 7) is 4.21. The Kier molecular flexibility index (Phi) is 5.57. The first-order chi connectivity index (χ1) is 14.6. The van der Waals surface area contributed by atoms with Gasteiger partial charge < -0.3 is 4.42 Å². The van der Waals surface area contributed by atoms with Gasteiger partial charge in [0.15, 0.2) is 0 Å². The van der Waals surface area contributed by atoms with Gasteiger partial charge in [-0.25, -0.2) is 5.43 Å². The minimum absolute atomic E-state index is 0.307. The van der Waals surface area contributed by atoms with Gasteiger partial charge in [0.05, 0.1) is 18.3 Å². The molecule has 0 aliphatic rings. The monoisotopic (exact) mass is 398 g/mol. The summed E-state index contributed by atoms with van der Waals surface area (Å²) in [5.41, 5.74) is 6.81. The number of carbonyl (C=O) groups is 1. The van der Waals surface area contributed by atoms with E-state index in [0.717, 1.165) is 22.4 Å². The lowest BCUT2D eigenvalue weighted by Gasteiger charge is -2.01. The Morgan fingerprint density at radius 3 is 2.47 bits per heavy atom. The maximum absolute atomic E-state index is 12.4. The van der Waals surface area contributed by atoms with Crippen LogP contribution in [0.25, 0.3) is 11.3 Å². The van der Waals surface area contributed by atoms with Crippen molar-refractivity contribution in [2.24, 2.45) is 5.10 Å². The molecular formula is C24H22N4O2. The zero-order valence-corrected chi connectivity index (χ0v) is 16.9. The van der Waals surface area contributed by atoms with Gasteiger partial charge in [-0.3, -0.25) is 9.48 Å². The SMILES string of the molecule is Cc1cc(C(=O)N/N=C\c2cn(Cc3ccccc3)nc2-c2ccccc2)c(C)o1. The van der Waals surface area contributed by atoms with Crippen LogP contribution in [-0.4, -0.2) is 21.9 Å². The van der Waals surface area contributed by atoms with E-state index < -0.39 is 0 Å². The number of hydrazone groups is 1. The largest absolute Gasteiger partial charge is 0.466 e. The van der Waals surface area contributed by atoms with Gasteiger partial charge in [-0.05, 0) is 25.5 Å². The lowest BCUT2D eigenvalue weighted by Crippen LogP contribution is -2.17. The molecule has 0 spiro atoms. The molecule has 0 bridgehead atoms. The van der Waals surface area contributed by atoms with Crippen molar-refractivity contribution in [3.05, 3.63) is 101 Å². The Bertz CT molecular complexity index is 1170. The fraction of sp³-hybridized carbons (Fsp3) is 0.125. The molecular weight excluding hydrogens is 376 g/mol. The summed E-state index contributed by atoms with van der Waals surface area (Å²) in [6, 6.07) is 21.7. The van der Waals surface area contributed by atoms with Crippen LogP contribution in [0.2, 0.25) is 0 Å². The van der Waals surface area contributed by atoms with Gasteiger partial charge in [-0.1, -0.05) is 60.7 Å². The standard InChI is InChI=1S/C24H22N4O2/c1-17-13-22(18(2)30-17)24(29)26-25-14-21-16-28(15-19-9-5-3-6-10-19)27-23(21)20-11-7-4-8-12-20/h3-14,16H,15H2,1-2H3,(H,26,29)/b25-14-. The summed E-state index contributed by atoms with van der Waals surface area (Å²) in [5.74, 6) is 0.953. The number of aryl methyl sites for hydroxylation is 2. The first kappa shape index (κ1) is 19.4. The van der Waals surface area contributed by atoms with Crippen LogP contribution >= 0.6 is 0 Å².